The van der Waals surface area contributed by atoms with Gasteiger partial charge >= 0.3 is 0 Å². The normalized spacial score (nSPS) is 11.1. The Kier molecular flexibility index (Phi) is 2.78. The van der Waals surface area contributed by atoms with Crippen molar-refractivity contribution in [2.45, 2.75) is 13.5 Å². The van der Waals surface area contributed by atoms with Crippen LogP contribution in [0.25, 0.3) is 10.9 Å². The van der Waals surface area contributed by atoms with E-state index in [1.807, 2.05) is 30.8 Å². The summed E-state index contributed by atoms with van der Waals surface area (Å²) in [6.45, 7) is 2.83. The van der Waals surface area contributed by atoms with Crippen LogP contribution < -0.4 is 4.74 Å². The predicted molar refractivity (Wildman–Crippen MR) is 75.5 cm³/mol. The van der Waals surface area contributed by atoms with Crippen molar-refractivity contribution in [3.63, 3.8) is 0 Å². The molecule has 19 heavy (non-hydrogen) atoms. The number of benzene rings is 1. The summed E-state index contributed by atoms with van der Waals surface area (Å²) in [5.74, 6) is 0.914. The summed E-state index contributed by atoms with van der Waals surface area (Å²) in [6, 6.07) is 10.3. The molecule has 1 aromatic carbocycles. The fraction of sp³-hybridized carbons (Fsp3) is 0.267. The fourth-order valence-corrected chi connectivity index (χ4v) is 2.50. The van der Waals surface area contributed by atoms with E-state index >= 15 is 0 Å². The van der Waals surface area contributed by atoms with Crippen molar-refractivity contribution < 1.29 is 4.74 Å². The molecule has 0 radical (unpaired) electrons. The second kappa shape index (κ2) is 4.46. The van der Waals surface area contributed by atoms with Gasteiger partial charge in [0.2, 0.25) is 0 Å². The number of hydrogen-bond donors (Lipinski definition) is 0. The molecule has 98 valence electrons. The summed E-state index contributed by atoms with van der Waals surface area (Å²) in [5.41, 5.74) is 3.42. The molecule has 2 aromatic heterocycles. The first-order valence-corrected chi connectivity index (χ1v) is 6.30. The average molecular weight is 255 g/mol. The molecule has 2 heterocycles. The highest BCUT2D eigenvalue weighted by Gasteiger charge is 2.08. The number of rotatable bonds is 3. The molecule has 4 heteroatoms. The molecule has 0 saturated carbocycles. The van der Waals surface area contributed by atoms with Gasteiger partial charge in [0.25, 0.3) is 0 Å². The van der Waals surface area contributed by atoms with Crippen LogP contribution in [0.5, 0.6) is 5.75 Å². The molecular weight excluding hydrogens is 238 g/mol. The van der Waals surface area contributed by atoms with E-state index in [9.17, 15) is 0 Å². The van der Waals surface area contributed by atoms with Crippen LogP contribution in [-0.4, -0.2) is 21.5 Å². The highest BCUT2D eigenvalue weighted by molar-refractivity contribution is 5.86. The summed E-state index contributed by atoms with van der Waals surface area (Å²) in [4.78, 5) is 0. The van der Waals surface area contributed by atoms with Crippen LogP contribution in [0.15, 0.2) is 36.5 Å². The second-order valence-corrected chi connectivity index (χ2v) is 4.74. The summed E-state index contributed by atoms with van der Waals surface area (Å²) >= 11 is 0. The Morgan fingerprint density at radius 2 is 2.11 bits per heavy atom. The lowest BCUT2D eigenvalue weighted by Gasteiger charge is -2.07. The maximum atomic E-state index is 5.39. The van der Waals surface area contributed by atoms with E-state index in [0.717, 1.165) is 23.4 Å². The molecule has 0 saturated heterocycles. The van der Waals surface area contributed by atoms with Crippen LogP contribution in [0.3, 0.4) is 0 Å². The van der Waals surface area contributed by atoms with E-state index in [1.165, 1.54) is 11.2 Å². The minimum atomic E-state index is 0.813. The fourth-order valence-electron chi connectivity index (χ4n) is 2.50. The SMILES string of the molecule is COc1cccc2c1ccn2Cc1cc(C)nn1C. The molecule has 0 amide bonds. The summed E-state index contributed by atoms with van der Waals surface area (Å²) in [6.07, 6.45) is 2.09. The van der Waals surface area contributed by atoms with Gasteiger partial charge in [0, 0.05) is 18.6 Å². The topological polar surface area (TPSA) is 32.0 Å². The molecule has 3 rings (SSSR count). The molecule has 0 N–H and O–H groups in total. The number of aryl methyl sites for hydroxylation is 2. The molecule has 0 unspecified atom stereocenters. The van der Waals surface area contributed by atoms with Crippen LogP contribution in [0.1, 0.15) is 11.4 Å². The summed E-state index contributed by atoms with van der Waals surface area (Å²) in [5, 5.41) is 5.53. The van der Waals surface area contributed by atoms with Crippen molar-refractivity contribution >= 4 is 10.9 Å². The van der Waals surface area contributed by atoms with Gasteiger partial charge in [0.05, 0.1) is 30.6 Å². The molecule has 0 aliphatic rings. The van der Waals surface area contributed by atoms with Gasteiger partial charge in [-0.1, -0.05) is 6.07 Å². The average Bonchev–Trinajstić information content (AvgIpc) is 2.94. The zero-order chi connectivity index (χ0) is 13.4. The van der Waals surface area contributed by atoms with Crippen molar-refractivity contribution in [3.05, 3.63) is 47.9 Å². The van der Waals surface area contributed by atoms with Gasteiger partial charge < -0.3 is 9.30 Å². The van der Waals surface area contributed by atoms with Gasteiger partial charge in [-0.05, 0) is 31.2 Å². The Morgan fingerprint density at radius 3 is 2.79 bits per heavy atom. The Balaban J connectivity index is 2.04. The predicted octanol–water partition coefficient (Wildman–Crippen LogP) is 2.74. The van der Waals surface area contributed by atoms with E-state index in [4.69, 9.17) is 4.74 Å². The second-order valence-electron chi connectivity index (χ2n) is 4.74. The number of ether oxygens (including phenoxy) is 1. The molecule has 0 atom stereocenters. The van der Waals surface area contributed by atoms with Gasteiger partial charge in [0.15, 0.2) is 0 Å². The van der Waals surface area contributed by atoms with Crippen molar-refractivity contribution in [2.24, 2.45) is 7.05 Å². The van der Waals surface area contributed by atoms with E-state index < -0.39 is 0 Å². The first kappa shape index (κ1) is 11.8. The standard InChI is InChI=1S/C15H17N3O/c1-11-9-12(17(2)16-11)10-18-8-7-13-14(18)5-4-6-15(13)19-3/h4-9H,10H2,1-3H3. The van der Waals surface area contributed by atoms with Gasteiger partial charge in [-0.15, -0.1) is 0 Å². The number of hydrogen-bond acceptors (Lipinski definition) is 2. The molecule has 3 aromatic rings. The molecule has 0 spiro atoms. The zero-order valence-corrected chi connectivity index (χ0v) is 11.4. The Labute approximate surface area is 112 Å². The number of fused-ring (bicyclic) bond motifs is 1. The third kappa shape index (κ3) is 1.99. The van der Waals surface area contributed by atoms with Crippen molar-refractivity contribution in [1.29, 1.82) is 0 Å². The lowest BCUT2D eigenvalue weighted by atomic mass is 10.2. The zero-order valence-electron chi connectivity index (χ0n) is 11.4. The minimum absolute atomic E-state index is 0.813. The first-order chi connectivity index (χ1) is 9.19. The van der Waals surface area contributed by atoms with Gasteiger partial charge in [0.1, 0.15) is 5.75 Å². The van der Waals surface area contributed by atoms with E-state index in [2.05, 4.69) is 34.1 Å². The van der Waals surface area contributed by atoms with E-state index in [0.29, 0.717) is 0 Å². The number of aromatic nitrogens is 3. The minimum Gasteiger partial charge on any atom is -0.496 e. The molecular formula is C15H17N3O. The molecule has 0 aliphatic carbocycles. The van der Waals surface area contributed by atoms with Crippen LogP contribution in [0.2, 0.25) is 0 Å². The smallest absolute Gasteiger partial charge is 0.128 e. The number of nitrogens with zero attached hydrogens (tertiary/aromatic N) is 3. The lowest BCUT2D eigenvalue weighted by molar-refractivity contribution is 0.420. The van der Waals surface area contributed by atoms with Gasteiger partial charge in [-0.2, -0.15) is 5.10 Å². The van der Waals surface area contributed by atoms with Crippen LogP contribution in [0.4, 0.5) is 0 Å². The van der Waals surface area contributed by atoms with Crippen molar-refractivity contribution in [3.8, 4) is 5.75 Å². The van der Waals surface area contributed by atoms with Gasteiger partial charge in [-0.3, -0.25) is 4.68 Å². The highest BCUT2D eigenvalue weighted by atomic mass is 16.5. The Bertz CT molecular complexity index is 724. The van der Waals surface area contributed by atoms with E-state index in [1.54, 1.807) is 7.11 Å². The maximum Gasteiger partial charge on any atom is 0.128 e. The van der Waals surface area contributed by atoms with E-state index in [-0.39, 0.29) is 0 Å². The van der Waals surface area contributed by atoms with Crippen molar-refractivity contribution in [2.75, 3.05) is 7.11 Å². The van der Waals surface area contributed by atoms with Crippen molar-refractivity contribution in [1.82, 2.24) is 14.3 Å². The molecule has 0 aliphatic heterocycles. The quantitative estimate of drug-likeness (QED) is 0.720. The first-order valence-electron chi connectivity index (χ1n) is 6.30. The third-order valence-corrected chi connectivity index (χ3v) is 3.42. The lowest BCUT2D eigenvalue weighted by Crippen LogP contribution is -2.04. The molecule has 4 nitrogen and oxygen atoms in total. The third-order valence-electron chi connectivity index (χ3n) is 3.42. The summed E-state index contributed by atoms with van der Waals surface area (Å²) in [7, 11) is 3.69. The van der Waals surface area contributed by atoms with Gasteiger partial charge in [-0.25, -0.2) is 0 Å². The maximum absolute atomic E-state index is 5.39. The highest BCUT2D eigenvalue weighted by Crippen LogP contribution is 2.26. The Morgan fingerprint density at radius 1 is 1.26 bits per heavy atom. The van der Waals surface area contributed by atoms with Crippen LogP contribution in [-0.2, 0) is 13.6 Å². The number of methoxy groups -OCH3 is 1. The molecule has 0 bridgehead atoms. The largest absolute Gasteiger partial charge is 0.496 e. The monoisotopic (exact) mass is 255 g/mol. The molecule has 0 fully saturated rings. The Hall–Kier alpha value is -2.23. The summed E-state index contributed by atoms with van der Waals surface area (Å²) < 4.78 is 9.54. The van der Waals surface area contributed by atoms with Crippen LogP contribution >= 0.6 is 0 Å². The van der Waals surface area contributed by atoms with Crippen LogP contribution in [0, 0.1) is 6.92 Å².